The lowest BCUT2D eigenvalue weighted by Crippen LogP contribution is -2.28. The van der Waals surface area contributed by atoms with Crippen molar-refractivity contribution in [2.75, 3.05) is 6.54 Å². The number of carboxylic acid groups (broad SMARTS) is 1. The number of hydrogen-bond donors (Lipinski definition) is 1. The standard InChI is InChI=1S/C23H19N3O3S/c1-2-25-21(27)20(30-23(25)24-17-9-4-3-5-10-17)15-19-12-7-13-26(19)18-11-6-8-16(14-18)22(28)29/h3-15H,2H2,1H3,(H,28,29)/b20-15-,24-23?. The summed E-state index contributed by atoms with van der Waals surface area (Å²) in [6.07, 6.45) is 3.66. The summed E-state index contributed by atoms with van der Waals surface area (Å²) in [4.78, 5) is 31.1. The molecule has 0 bridgehead atoms. The summed E-state index contributed by atoms with van der Waals surface area (Å²) in [6.45, 7) is 2.44. The van der Waals surface area contributed by atoms with Gasteiger partial charge in [-0.3, -0.25) is 9.69 Å². The Morgan fingerprint density at radius 2 is 1.90 bits per heavy atom. The second kappa shape index (κ2) is 8.42. The highest BCUT2D eigenvalue weighted by Crippen LogP contribution is 2.34. The van der Waals surface area contributed by atoms with Gasteiger partial charge in [0.25, 0.3) is 5.91 Å². The number of rotatable bonds is 5. The summed E-state index contributed by atoms with van der Waals surface area (Å²) in [5.41, 5.74) is 2.50. The van der Waals surface area contributed by atoms with Crippen LogP contribution in [0.3, 0.4) is 0 Å². The zero-order valence-electron chi connectivity index (χ0n) is 16.2. The molecule has 1 N–H and O–H groups in total. The SMILES string of the molecule is CCN1C(=O)/C(=C/c2cccn2-c2cccc(C(=O)O)c2)SC1=Nc1ccccc1. The Labute approximate surface area is 178 Å². The summed E-state index contributed by atoms with van der Waals surface area (Å²) in [5.74, 6) is -1.07. The van der Waals surface area contributed by atoms with Crippen LogP contribution in [0, 0.1) is 0 Å². The molecule has 0 unspecified atom stereocenters. The fourth-order valence-electron chi connectivity index (χ4n) is 3.15. The number of aromatic carboxylic acids is 1. The summed E-state index contributed by atoms with van der Waals surface area (Å²) in [6, 6.07) is 20.0. The molecule has 0 aliphatic carbocycles. The van der Waals surface area contributed by atoms with E-state index in [9.17, 15) is 14.7 Å². The third-order valence-electron chi connectivity index (χ3n) is 4.62. The number of aliphatic imine (C=N–C) groups is 1. The first-order valence-electron chi connectivity index (χ1n) is 9.43. The van der Waals surface area contributed by atoms with E-state index in [2.05, 4.69) is 4.99 Å². The van der Waals surface area contributed by atoms with Gasteiger partial charge >= 0.3 is 5.97 Å². The van der Waals surface area contributed by atoms with Crippen molar-refractivity contribution in [2.45, 2.75) is 6.92 Å². The third kappa shape index (κ3) is 3.92. The van der Waals surface area contributed by atoms with Crippen LogP contribution in [0.15, 0.2) is 82.8 Å². The number of carboxylic acids is 1. The number of carbonyl (C=O) groups excluding carboxylic acids is 1. The van der Waals surface area contributed by atoms with E-state index in [4.69, 9.17) is 0 Å². The second-order valence-electron chi connectivity index (χ2n) is 6.55. The lowest BCUT2D eigenvalue weighted by Gasteiger charge is -2.12. The Hall–Kier alpha value is -3.58. The van der Waals surface area contributed by atoms with E-state index in [-0.39, 0.29) is 11.5 Å². The van der Waals surface area contributed by atoms with Crippen molar-refractivity contribution in [2.24, 2.45) is 4.99 Å². The van der Waals surface area contributed by atoms with Crippen molar-refractivity contribution in [1.29, 1.82) is 0 Å². The molecule has 4 rings (SSSR count). The Bertz CT molecular complexity index is 1170. The van der Waals surface area contributed by atoms with Crippen LogP contribution in [0.5, 0.6) is 0 Å². The molecule has 30 heavy (non-hydrogen) atoms. The van der Waals surface area contributed by atoms with E-state index in [1.165, 1.54) is 11.8 Å². The average Bonchev–Trinajstić information content (AvgIpc) is 3.33. The first-order chi connectivity index (χ1) is 14.6. The van der Waals surface area contributed by atoms with Crippen molar-refractivity contribution < 1.29 is 14.7 Å². The van der Waals surface area contributed by atoms with Crippen molar-refractivity contribution in [3.63, 3.8) is 0 Å². The number of aromatic nitrogens is 1. The summed E-state index contributed by atoms with van der Waals surface area (Å²) >= 11 is 1.34. The molecule has 1 aromatic heterocycles. The van der Waals surface area contributed by atoms with Crippen molar-refractivity contribution in [1.82, 2.24) is 9.47 Å². The maximum atomic E-state index is 12.9. The van der Waals surface area contributed by atoms with Crippen LogP contribution < -0.4 is 0 Å². The predicted octanol–water partition coefficient (Wildman–Crippen LogP) is 4.80. The molecular formula is C23H19N3O3S. The normalized spacial score (nSPS) is 16.6. The van der Waals surface area contributed by atoms with Crippen LogP contribution in [-0.4, -0.2) is 38.2 Å². The molecule has 1 aliphatic rings. The highest BCUT2D eigenvalue weighted by Gasteiger charge is 2.32. The fourth-order valence-corrected chi connectivity index (χ4v) is 4.20. The predicted molar refractivity (Wildman–Crippen MR) is 119 cm³/mol. The van der Waals surface area contributed by atoms with Crippen molar-refractivity contribution in [3.8, 4) is 5.69 Å². The maximum absolute atomic E-state index is 12.9. The van der Waals surface area contributed by atoms with E-state index in [0.29, 0.717) is 22.3 Å². The molecule has 1 aliphatic heterocycles. The quantitative estimate of drug-likeness (QED) is 0.605. The molecule has 2 heterocycles. The van der Waals surface area contributed by atoms with Gasteiger partial charge in [-0.15, -0.1) is 0 Å². The zero-order chi connectivity index (χ0) is 21.1. The van der Waals surface area contributed by atoms with Crippen LogP contribution in [0.4, 0.5) is 5.69 Å². The van der Waals surface area contributed by atoms with Crippen molar-refractivity contribution in [3.05, 3.63) is 89.1 Å². The van der Waals surface area contributed by atoms with Crippen LogP contribution in [0.25, 0.3) is 11.8 Å². The molecular weight excluding hydrogens is 398 g/mol. The molecule has 1 fully saturated rings. The van der Waals surface area contributed by atoms with Crippen LogP contribution in [0.2, 0.25) is 0 Å². The van der Waals surface area contributed by atoms with E-state index in [0.717, 1.165) is 11.4 Å². The number of nitrogens with zero attached hydrogens (tertiary/aromatic N) is 3. The van der Waals surface area contributed by atoms with Gasteiger partial charge in [-0.2, -0.15) is 0 Å². The van der Waals surface area contributed by atoms with E-state index < -0.39 is 5.97 Å². The molecule has 1 saturated heterocycles. The average molecular weight is 417 g/mol. The molecule has 1 amide bonds. The van der Waals surface area contributed by atoms with Gasteiger partial charge in [-0.1, -0.05) is 24.3 Å². The van der Waals surface area contributed by atoms with Gasteiger partial charge in [0, 0.05) is 24.1 Å². The minimum Gasteiger partial charge on any atom is -0.478 e. The zero-order valence-corrected chi connectivity index (χ0v) is 17.0. The second-order valence-corrected chi connectivity index (χ2v) is 7.56. The Morgan fingerprint density at radius 3 is 2.63 bits per heavy atom. The highest BCUT2D eigenvalue weighted by molar-refractivity contribution is 8.18. The first-order valence-corrected chi connectivity index (χ1v) is 10.2. The van der Waals surface area contributed by atoms with Gasteiger partial charge in [0.05, 0.1) is 16.2 Å². The van der Waals surface area contributed by atoms with Crippen LogP contribution in [0.1, 0.15) is 23.0 Å². The monoisotopic (exact) mass is 417 g/mol. The first kappa shape index (κ1) is 19.7. The minimum atomic E-state index is -0.981. The summed E-state index contributed by atoms with van der Waals surface area (Å²) < 4.78 is 1.86. The lowest BCUT2D eigenvalue weighted by atomic mass is 10.2. The summed E-state index contributed by atoms with van der Waals surface area (Å²) in [5, 5.41) is 9.90. The molecule has 150 valence electrons. The van der Waals surface area contributed by atoms with E-state index in [1.54, 1.807) is 23.1 Å². The number of amides is 1. The van der Waals surface area contributed by atoms with Gasteiger partial charge in [-0.25, -0.2) is 9.79 Å². The lowest BCUT2D eigenvalue weighted by molar-refractivity contribution is -0.122. The number of thioether (sulfide) groups is 1. The van der Waals surface area contributed by atoms with E-state index in [1.807, 2.05) is 72.3 Å². The van der Waals surface area contributed by atoms with Gasteiger partial charge in [0.2, 0.25) is 0 Å². The van der Waals surface area contributed by atoms with Gasteiger partial charge in [0.1, 0.15) is 0 Å². The van der Waals surface area contributed by atoms with Crippen LogP contribution >= 0.6 is 11.8 Å². The van der Waals surface area contributed by atoms with Gasteiger partial charge < -0.3 is 9.67 Å². The van der Waals surface area contributed by atoms with Gasteiger partial charge in [0.15, 0.2) is 5.17 Å². The molecule has 3 aromatic rings. The highest BCUT2D eigenvalue weighted by atomic mass is 32.2. The minimum absolute atomic E-state index is 0.0933. The number of hydrogen-bond acceptors (Lipinski definition) is 4. The van der Waals surface area contributed by atoms with Gasteiger partial charge in [-0.05, 0) is 67.2 Å². The number of para-hydroxylation sites is 1. The van der Waals surface area contributed by atoms with Crippen LogP contribution in [-0.2, 0) is 4.79 Å². The summed E-state index contributed by atoms with van der Waals surface area (Å²) in [7, 11) is 0. The molecule has 7 heteroatoms. The largest absolute Gasteiger partial charge is 0.478 e. The molecule has 0 spiro atoms. The van der Waals surface area contributed by atoms with E-state index >= 15 is 0 Å². The number of carbonyl (C=O) groups is 2. The number of benzene rings is 2. The molecule has 6 nitrogen and oxygen atoms in total. The topological polar surface area (TPSA) is 74.9 Å². The Kier molecular flexibility index (Phi) is 5.54. The Morgan fingerprint density at radius 1 is 1.10 bits per heavy atom. The molecule has 0 atom stereocenters. The Balaban J connectivity index is 1.69. The number of likely N-dealkylation sites (N-methyl/N-ethyl adjacent to an activating group) is 1. The van der Waals surface area contributed by atoms with Crippen molar-refractivity contribution >= 4 is 40.6 Å². The molecule has 0 radical (unpaired) electrons. The maximum Gasteiger partial charge on any atom is 0.335 e. The smallest absolute Gasteiger partial charge is 0.335 e. The number of amidine groups is 1. The molecule has 2 aromatic carbocycles. The fraction of sp³-hybridized carbons (Fsp3) is 0.0870. The third-order valence-corrected chi connectivity index (χ3v) is 5.62. The molecule has 0 saturated carbocycles.